The highest BCUT2D eigenvalue weighted by molar-refractivity contribution is 5.04. The van der Waals surface area contributed by atoms with Crippen LogP contribution >= 0.6 is 0 Å². The first-order chi connectivity index (χ1) is 9.38. The van der Waals surface area contributed by atoms with E-state index >= 15 is 0 Å². The number of rotatable bonds is 10. The standard InChI is InChI=1S/C18H35N/c1-3-5-6-7-8-9-14-17(19-4-2)18-15-12-10-11-13-16(15)18/h15-19H,3-14H2,1-2H3. The van der Waals surface area contributed by atoms with E-state index in [2.05, 4.69) is 19.2 Å². The number of hydrogen-bond acceptors (Lipinski definition) is 1. The molecule has 0 radical (unpaired) electrons. The van der Waals surface area contributed by atoms with Gasteiger partial charge in [0.1, 0.15) is 0 Å². The van der Waals surface area contributed by atoms with Gasteiger partial charge in [0.15, 0.2) is 0 Å². The minimum absolute atomic E-state index is 0.851. The Morgan fingerprint density at radius 1 is 0.895 bits per heavy atom. The largest absolute Gasteiger partial charge is 0.314 e. The van der Waals surface area contributed by atoms with Crippen molar-refractivity contribution in [3.05, 3.63) is 0 Å². The second kappa shape index (κ2) is 8.29. The molecule has 0 aromatic heterocycles. The van der Waals surface area contributed by atoms with Gasteiger partial charge in [0.25, 0.3) is 0 Å². The van der Waals surface area contributed by atoms with Gasteiger partial charge in [0, 0.05) is 6.04 Å². The fraction of sp³-hybridized carbons (Fsp3) is 1.00. The van der Waals surface area contributed by atoms with Gasteiger partial charge in [0.05, 0.1) is 0 Å². The molecule has 2 fully saturated rings. The van der Waals surface area contributed by atoms with Crippen LogP contribution in [0.15, 0.2) is 0 Å². The van der Waals surface area contributed by atoms with E-state index in [4.69, 9.17) is 0 Å². The zero-order valence-corrected chi connectivity index (χ0v) is 13.3. The number of hydrogen-bond donors (Lipinski definition) is 1. The summed E-state index contributed by atoms with van der Waals surface area (Å²) in [6, 6.07) is 0.851. The third kappa shape index (κ3) is 4.48. The SMILES string of the molecule is CCCCCCCCC(NCC)C1C2CCCCC21. The summed E-state index contributed by atoms with van der Waals surface area (Å²) in [5.74, 6) is 3.27. The van der Waals surface area contributed by atoms with Gasteiger partial charge in [-0.1, -0.05) is 65.2 Å². The third-order valence-corrected chi connectivity index (χ3v) is 5.52. The Morgan fingerprint density at radius 3 is 2.16 bits per heavy atom. The molecule has 1 heteroatoms. The van der Waals surface area contributed by atoms with Gasteiger partial charge in [0.2, 0.25) is 0 Å². The van der Waals surface area contributed by atoms with Gasteiger partial charge in [-0.3, -0.25) is 0 Å². The minimum atomic E-state index is 0.851. The lowest BCUT2D eigenvalue weighted by molar-refractivity contribution is 0.397. The van der Waals surface area contributed by atoms with Crippen LogP contribution in [0.3, 0.4) is 0 Å². The molecule has 19 heavy (non-hydrogen) atoms. The lowest BCUT2D eigenvalue weighted by atomic mass is 10.0. The van der Waals surface area contributed by atoms with Gasteiger partial charge in [-0.25, -0.2) is 0 Å². The smallest absolute Gasteiger partial charge is 0.0101 e. The molecule has 2 saturated carbocycles. The van der Waals surface area contributed by atoms with E-state index in [1.54, 1.807) is 0 Å². The van der Waals surface area contributed by atoms with E-state index in [1.807, 2.05) is 0 Å². The molecule has 0 saturated heterocycles. The topological polar surface area (TPSA) is 12.0 Å². The van der Waals surface area contributed by atoms with Crippen LogP contribution in [0.25, 0.3) is 0 Å². The van der Waals surface area contributed by atoms with Gasteiger partial charge in [-0.05, 0) is 43.6 Å². The van der Waals surface area contributed by atoms with Gasteiger partial charge in [-0.15, -0.1) is 0 Å². The molecular formula is C18H35N. The van der Waals surface area contributed by atoms with Crippen LogP contribution in [-0.2, 0) is 0 Å². The molecule has 3 atom stereocenters. The Hall–Kier alpha value is -0.0400. The first-order valence-corrected chi connectivity index (χ1v) is 9.11. The Bertz CT molecular complexity index is 226. The number of nitrogens with one attached hydrogen (secondary N) is 1. The average molecular weight is 265 g/mol. The molecule has 3 unspecified atom stereocenters. The molecule has 0 heterocycles. The molecule has 0 amide bonds. The Kier molecular flexibility index (Phi) is 6.70. The zero-order chi connectivity index (χ0) is 13.5. The second-order valence-electron chi connectivity index (χ2n) is 6.91. The second-order valence-corrected chi connectivity index (χ2v) is 6.91. The predicted octanol–water partition coefficient (Wildman–Crippen LogP) is 5.15. The van der Waals surface area contributed by atoms with Crippen LogP contribution in [0.1, 0.15) is 84.5 Å². The van der Waals surface area contributed by atoms with Gasteiger partial charge >= 0.3 is 0 Å². The highest BCUT2D eigenvalue weighted by Crippen LogP contribution is 2.57. The predicted molar refractivity (Wildman–Crippen MR) is 84.4 cm³/mol. The summed E-state index contributed by atoms with van der Waals surface area (Å²) in [5.41, 5.74) is 0. The van der Waals surface area contributed by atoms with Gasteiger partial charge in [-0.2, -0.15) is 0 Å². The average Bonchev–Trinajstić information content (AvgIpc) is 3.16. The molecular weight excluding hydrogens is 230 g/mol. The molecule has 2 rings (SSSR count). The highest BCUT2D eigenvalue weighted by atomic mass is 14.9. The van der Waals surface area contributed by atoms with Crippen LogP contribution < -0.4 is 5.32 Å². The van der Waals surface area contributed by atoms with Crippen molar-refractivity contribution in [1.82, 2.24) is 5.32 Å². The number of fused-ring (bicyclic) bond motifs is 1. The fourth-order valence-corrected chi connectivity index (χ4v) is 4.48. The molecule has 1 nitrogen and oxygen atoms in total. The van der Waals surface area contributed by atoms with E-state index in [0.29, 0.717) is 0 Å². The van der Waals surface area contributed by atoms with Crippen molar-refractivity contribution in [2.75, 3.05) is 6.54 Å². The molecule has 2 aliphatic rings. The Morgan fingerprint density at radius 2 is 1.53 bits per heavy atom. The van der Waals surface area contributed by atoms with Gasteiger partial charge < -0.3 is 5.32 Å². The minimum Gasteiger partial charge on any atom is -0.314 e. The summed E-state index contributed by atoms with van der Waals surface area (Å²) in [6.45, 7) is 5.74. The summed E-state index contributed by atoms with van der Waals surface area (Å²) < 4.78 is 0. The summed E-state index contributed by atoms with van der Waals surface area (Å²) in [5, 5.41) is 3.80. The normalized spacial score (nSPS) is 30.9. The maximum Gasteiger partial charge on any atom is 0.0101 e. The van der Waals surface area contributed by atoms with Crippen molar-refractivity contribution in [1.29, 1.82) is 0 Å². The van der Waals surface area contributed by atoms with Crippen LogP contribution in [0.2, 0.25) is 0 Å². The zero-order valence-electron chi connectivity index (χ0n) is 13.3. The van der Waals surface area contributed by atoms with Crippen molar-refractivity contribution >= 4 is 0 Å². The van der Waals surface area contributed by atoms with E-state index < -0.39 is 0 Å². The van der Waals surface area contributed by atoms with Crippen LogP contribution in [0.5, 0.6) is 0 Å². The summed E-state index contributed by atoms with van der Waals surface area (Å²) in [4.78, 5) is 0. The monoisotopic (exact) mass is 265 g/mol. The van der Waals surface area contributed by atoms with Crippen molar-refractivity contribution in [3.63, 3.8) is 0 Å². The maximum absolute atomic E-state index is 3.80. The van der Waals surface area contributed by atoms with Crippen molar-refractivity contribution in [2.45, 2.75) is 90.5 Å². The van der Waals surface area contributed by atoms with E-state index in [9.17, 15) is 0 Å². The Labute approximate surface area is 120 Å². The first kappa shape index (κ1) is 15.4. The molecule has 0 aromatic carbocycles. The summed E-state index contributed by atoms with van der Waals surface area (Å²) >= 11 is 0. The van der Waals surface area contributed by atoms with E-state index in [-0.39, 0.29) is 0 Å². The van der Waals surface area contributed by atoms with Crippen molar-refractivity contribution in [3.8, 4) is 0 Å². The molecule has 0 bridgehead atoms. The first-order valence-electron chi connectivity index (χ1n) is 9.11. The van der Waals surface area contributed by atoms with Crippen molar-refractivity contribution in [2.24, 2.45) is 17.8 Å². The number of unbranched alkanes of at least 4 members (excludes halogenated alkanes) is 5. The molecule has 0 spiro atoms. The maximum atomic E-state index is 3.80. The fourth-order valence-electron chi connectivity index (χ4n) is 4.48. The van der Waals surface area contributed by atoms with Crippen LogP contribution in [0, 0.1) is 17.8 Å². The molecule has 0 aliphatic heterocycles. The van der Waals surface area contributed by atoms with Crippen LogP contribution in [-0.4, -0.2) is 12.6 Å². The molecule has 2 aliphatic carbocycles. The molecule has 1 N–H and O–H groups in total. The lowest BCUT2D eigenvalue weighted by Crippen LogP contribution is -2.32. The van der Waals surface area contributed by atoms with Crippen molar-refractivity contribution < 1.29 is 0 Å². The highest BCUT2D eigenvalue weighted by Gasteiger charge is 2.53. The quantitative estimate of drug-likeness (QED) is 0.539. The van der Waals surface area contributed by atoms with E-state index in [0.717, 1.165) is 30.3 Å². The lowest BCUT2D eigenvalue weighted by Gasteiger charge is -2.18. The third-order valence-electron chi connectivity index (χ3n) is 5.52. The molecule has 0 aromatic rings. The Balaban J connectivity index is 1.63. The van der Waals surface area contributed by atoms with Crippen LogP contribution in [0.4, 0.5) is 0 Å². The summed E-state index contributed by atoms with van der Waals surface area (Å²) in [6.07, 6.45) is 16.2. The summed E-state index contributed by atoms with van der Waals surface area (Å²) in [7, 11) is 0. The molecule has 112 valence electrons. The van der Waals surface area contributed by atoms with E-state index in [1.165, 1.54) is 70.6 Å².